The first-order chi connectivity index (χ1) is 6.13. The molecule has 16 heavy (non-hydrogen) atoms. The van der Waals surface area contributed by atoms with Gasteiger partial charge in [0.05, 0.1) is 12.0 Å². The van der Waals surface area contributed by atoms with Gasteiger partial charge in [0, 0.05) is 0 Å². The van der Waals surface area contributed by atoms with Crippen LogP contribution < -0.4 is 0 Å². The van der Waals surface area contributed by atoms with E-state index in [0.29, 0.717) is 6.61 Å². The average Bonchev–Trinajstić information content (AvgIpc) is 2.01. The van der Waals surface area contributed by atoms with Gasteiger partial charge in [0.1, 0.15) is 0 Å². The van der Waals surface area contributed by atoms with E-state index in [4.69, 9.17) is 4.74 Å². The predicted molar refractivity (Wildman–Crippen MR) is 67.0 cm³/mol. The van der Waals surface area contributed by atoms with Crippen LogP contribution in [0.3, 0.4) is 0 Å². The topological polar surface area (TPSA) is 89.3 Å². The van der Waals surface area contributed by atoms with Gasteiger partial charge in [0.15, 0.2) is 0 Å². The average molecular weight is 234 g/mol. The molecule has 0 aliphatic rings. The highest BCUT2D eigenvalue weighted by molar-refractivity contribution is 5.75. The molecule has 4 nitrogen and oxygen atoms in total. The van der Waals surface area contributed by atoms with Gasteiger partial charge >= 0.3 is 5.97 Å². The van der Waals surface area contributed by atoms with Gasteiger partial charge in [-0.15, -0.1) is 12.8 Å². The van der Waals surface area contributed by atoms with Crippen LogP contribution in [0.5, 0.6) is 0 Å². The van der Waals surface area contributed by atoms with Gasteiger partial charge in [-0.3, -0.25) is 4.79 Å². The van der Waals surface area contributed by atoms with Crippen LogP contribution in [0.4, 0.5) is 0 Å². The van der Waals surface area contributed by atoms with Gasteiger partial charge in [0.2, 0.25) is 0 Å². The van der Waals surface area contributed by atoms with Gasteiger partial charge in [-0.05, 0) is 26.2 Å². The summed E-state index contributed by atoms with van der Waals surface area (Å²) in [5.41, 5.74) is -0.327. The third kappa shape index (κ3) is 15.4. The number of hydrogen-bond donors (Lipinski definition) is 0. The lowest BCUT2D eigenvalue weighted by Gasteiger charge is -2.22. The minimum atomic E-state index is -0.384. The summed E-state index contributed by atoms with van der Waals surface area (Å²) >= 11 is 0. The number of esters is 1. The maximum Gasteiger partial charge on any atom is 0.311 e. The van der Waals surface area contributed by atoms with Crippen molar-refractivity contribution in [2.75, 3.05) is 6.61 Å². The second-order valence-electron chi connectivity index (χ2n) is 5.39. The van der Waals surface area contributed by atoms with Gasteiger partial charge in [-0.1, -0.05) is 20.8 Å². The van der Waals surface area contributed by atoms with Crippen molar-refractivity contribution in [3.8, 4) is 12.8 Å². The molecule has 4 heteroatoms. The number of carbonyl (C=O) groups excluding carboxylic acids is 1. The van der Waals surface area contributed by atoms with E-state index < -0.39 is 0 Å². The number of ether oxygens (including phenoxy) is 1. The lowest BCUT2D eigenvalue weighted by Crippen LogP contribution is -2.27. The molecule has 98 valence electrons. The van der Waals surface area contributed by atoms with Gasteiger partial charge in [-0.2, -0.15) is 0 Å². The molecule has 0 rings (SSSR count). The maximum atomic E-state index is 11.3. The van der Waals surface area contributed by atoms with Crippen molar-refractivity contribution in [2.24, 2.45) is 10.8 Å². The Morgan fingerprint density at radius 2 is 1.31 bits per heavy atom. The molecule has 0 aromatic heterocycles. The summed E-state index contributed by atoms with van der Waals surface area (Å²) in [6.45, 7) is 12.2. The molecular weight excluding hydrogens is 208 g/mol. The molecule has 0 atom stereocenters. The van der Waals surface area contributed by atoms with Crippen molar-refractivity contribution in [2.45, 2.75) is 41.5 Å². The summed E-state index contributed by atoms with van der Waals surface area (Å²) in [5.74, 6) is -0.127. The Kier molecular flexibility index (Phi) is 13.9. The minimum absolute atomic E-state index is 0. The largest absolute Gasteiger partial charge is 0.465 e. The second-order valence-corrected chi connectivity index (χ2v) is 5.39. The monoisotopic (exact) mass is 234 g/mol. The molecule has 0 bridgehead atoms. The zero-order valence-corrected chi connectivity index (χ0v) is 11.2. The Balaban J connectivity index is -0.000000169. The molecule has 0 saturated heterocycles. The smallest absolute Gasteiger partial charge is 0.311 e. The zero-order valence-electron chi connectivity index (χ0n) is 11.2. The van der Waals surface area contributed by atoms with Crippen LogP contribution in [0.15, 0.2) is 0 Å². The highest BCUT2D eigenvalue weighted by Crippen LogP contribution is 2.19. The third-order valence-electron chi connectivity index (χ3n) is 1.25. The highest BCUT2D eigenvalue weighted by Gasteiger charge is 2.24. The van der Waals surface area contributed by atoms with E-state index in [9.17, 15) is 4.79 Å². The van der Waals surface area contributed by atoms with Gasteiger partial charge < -0.3 is 15.7 Å². The minimum Gasteiger partial charge on any atom is -0.465 e. The first kappa shape index (κ1) is 24.3. The van der Waals surface area contributed by atoms with Gasteiger partial charge in [0.25, 0.3) is 0 Å². The van der Waals surface area contributed by atoms with Crippen molar-refractivity contribution < 1.29 is 20.5 Å². The molecule has 0 aliphatic heterocycles. The predicted octanol–water partition coefficient (Wildman–Crippen LogP) is 1.22. The van der Waals surface area contributed by atoms with E-state index in [1.807, 2.05) is 41.5 Å². The zero-order chi connectivity index (χ0) is 12.0. The third-order valence-corrected chi connectivity index (χ3v) is 1.25. The van der Waals surface area contributed by atoms with Crippen molar-refractivity contribution in [1.29, 1.82) is 0 Å². The molecule has 0 radical (unpaired) electrons. The SMILES string of the molecule is C#C.CC(C)(C)COC(=O)C(C)(C)C.O.O. The standard InChI is InChI=1S/C10H20O2.C2H2.2H2O/c1-9(2,3)7-12-8(11)10(4,5)6;1-2;;/h7H2,1-6H3;1-2H;2*1H2. The summed E-state index contributed by atoms with van der Waals surface area (Å²) in [4.78, 5) is 11.3. The van der Waals surface area contributed by atoms with Crippen molar-refractivity contribution in [3.63, 3.8) is 0 Å². The first-order valence-electron chi connectivity index (χ1n) is 4.63. The Morgan fingerprint density at radius 1 is 1.00 bits per heavy atom. The summed E-state index contributed by atoms with van der Waals surface area (Å²) in [7, 11) is 0. The van der Waals surface area contributed by atoms with Crippen LogP contribution >= 0.6 is 0 Å². The fourth-order valence-electron chi connectivity index (χ4n) is 0.499. The van der Waals surface area contributed by atoms with Crippen LogP contribution in [0, 0.1) is 23.7 Å². The second kappa shape index (κ2) is 9.20. The number of carbonyl (C=O) groups is 1. The van der Waals surface area contributed by atoms with Crippen LogP contribution in [0.25, 0.3) is 0 Å². The molecule has 0 amide bonds. The number of hydrogen-bond acceptors (Lipinski definition) is 2. The van der Waals surface area contributed by atoms with E-state index in [2.05, 4.69) is 12.8 Å². The van der Waals surface area contributed by atoms with Crippen molar-refractivity contribution in [3.05, 3.63) is 0 Å². The summed E-state index contributed by atoms with van der Waals surface area (Å²) in [6, 6.07) is 0. The Hall–Kier alpha value is -1.05. The summed E-state index contributed by atoms with van der Waals surface area (Å²) in [5, 5.41) is 0. The Labute approximate surface area is 99.0 Å². The van der Waals surface area contributed by atoms with E-state index in [-0.39, 0.29) is 27.8 Å². The molecule has 4 N–H and O–H groups in total. The number of terminal acetylenes is 1. The summed E-state index contributed by atoms with van der Waals surface area (Å²) in [6.07, 6.45) is 8.00. The quantitative estimate of drug-likeness (QED) is 0.504. The fourth-order valence-corrected chi connectivity index (χ4v) is 0.499. The molecule has 0 saturated carbocycles. The highest BCUT2D eigenvalue weighted by atomic mass is 16.5. The van der Waals surface area contributed by atoms with Crippen molar-refractivity contribution in [1.82, 2.24) is 0 Å². The molecule has 0 heterocycles. The molecular formula is C12H26O4. The van der Waals surface area contributed by atoms with Crippen LogP contribution in [-0.4, -0.2) is 23.5 Å². The molecule has 0 aromatic rings. The molecule has 0 fully saturated rings. The van der Waals surface area contributed by atoms with E-state index in [0.717, 1.165) is 0 Å². The molecule has 0 aliphatic carbocycles. The maximum absolute atomic E-state index is 11.3. The molecule has 0 unspecified atom stereocenters. The number of rotatable bonds is 1. The molecule has 0 aromatic carbocycles. The normalized spacial score (nSPS) is 9.75. The van der Waals surface area contributed by atoms with E-state index in [1.54, 1.807) is 0 Å². The lowest BCUT2D eigenvalue weighted by molar-refractivity contribution is -0.155. The molecule has 0 spiro atoms. The fraction of sp³-hybridized carbons (Fsp3) is 0.750. The van der Waals surface area contributed by atoms with Gasteiger partial charge in [-0.25, -0.2) is 0 Å². The van der Waals surface area contributed by atoms with Crippen LogP contribution in [-0.2, 0) is 9.53 Å². The lowest BCUT2D eigenvalue weighted by atomic mass is 9.96. The summed E-state index contributed by atoms with van der Waals surface area (Å²) < 4.78 is 5.13. The Bertz CT molecular complexity index is 193. The van der Waals surface area contributed by atoms with E-state index in [1.165, 1.54) is 0 Å². The van der Waals surface area contributed by atoms with E-state index >= 15 is 0 Å². The van der Waals surface area contributed by atoms with Crippen molar-refractivity contribution >= 4 is 5.97 Å². The van der Waals surface area contributed by atoms with Crippen LogP contribution in [0.2, 0.25) is 0 Å². The Morgan fingerprint density at radius 3 is 1.50 bits per heavy atom. The first-order valence-corrected chi connectivity index (χ1v) is 4.63. The van der Waals surface area contributed by atoms with Crippen LogP contribution in [0.1, 0.15) is 41.5 Å².